The second kappa shape index (κ2) is 12.7. The molecule has 2 aliphatic heterocycles. The van der Waals surface area contributed by atoms with Crippen LogP contribution >= 0.6 is 0 Å². The first-order valence-electron chi connectivity index (χ1n) is 13.5. The van der Waals surface area contributed by atoms with Crippen LogP contribution in [0.25, 0.3) is 0 Å². The van der Waals surface area contributed by atoms with Crippen molar-refractivity contribution in [1.29, 1.82) is 0 Å². The number of rotatable bonds is 7. The van der Waals surface area contributed by atoms with Crippen molar-refractivity contribution in [2.45, 2.75) is 44.7 Å². The lowest BCUT2D eigenvalue weighted by Crippen LogP contribution is -2.57. The quantitative estimate of drug-likeness (QED) is 0.407. The van der Waals surface area contributed by atoms with Crippen LogP contribution in [0.4, 0.5) is 30.7 Å². The van der Waals surface area contributed by atoms with Gasteiger partial charge in [-0.1, -0.05) is 18.2 Å². The highest BCUT2D eigenvalue weighted by Gasteiger charge is 2.39. The van der Waals surface area contributed by atoms with Crippen molar-refractivity contribution < 1.29 is 40.3 Å². The number of hydrogen-bond acceptors (Lipinski definition) is 4. The van der Waals surface area contributed by atoms with Gasteiger partial charge in [0.05, 0.1) is 30.4 Å². The van der Waals surface area contributed by atoms with Gasteiger partial charge >= 0.3 is 12.4 Å². The summed E-state index contributed by atoms with van der Waals surface area (Å²) in [4.78, 5) is 19.1. The fourth-order valence-electron chi connectivity index (χ4n) is 5.41. The molecule has 0 unspecified atom stereocenters. The molecule has 226 valence electrons. The predicted molar refractivity (Wildman–Crippen MR) is 139 cm³/mol. The van der Waals surface area contributed by atoms with Crippen molar-refractivity contribution in [1.82, 2.24) is 14.7 Å². The Balaban J connectivity index is 1.59. The van der Waals surface area contributed by atoms with E-state index in [2.05, 4.69) is 4.90 Å². The zero-order valence-corrected chi connectivity index (χ0v) is 23.0. The van der Waals surface area contributed by atoms with Gasteiger partial charge in [-0.05, 0) is 55.2 Å². The third-order valence-electron chi connectivity index (χ3n) is 7.94. The number of alkyl halides is 7. The molecule has 2 atom stereocenters. The van der Waals surface area contributed by atoms with E-state index in [1.807, 2.05) is 36.9 Å². The summed E-state index contributed by atoms with van der Waals surface area (Å²) in [6.45, 7) is 6.80. The zero-order valence-electron chi connectivity index (χ0n) is 23.0. The second-order valence-electron chi connectivity index (χ2n) is 10.8. The maximum Gasteiger partial charge on any atom is 0.416 e. The zero-order chi connectivity index (χ0) is 29.9. The molecule has 0 radical (unpaired) electrons. The first-order valence-corrected chi connectivity index (χ1v) is 13.5. The number of carbonyl (C=O) groups is 1. The topological polar surface area (TPSA) is 36.0 Å². The first kappa shape index (κ1) is 31.2. The Hall–Kier alpha value is -2.70. The van der Waals surface area contributed by atoms with E-state index < -0.39 is 47.7 Å². The molecule has 2 heterocycles. The summed E-state index contributed by atoms with van der Waals surface area (Å²) >= 11 is 0. The van der Waals surface area contributed by atoms with Crippen LogP contribution in [0.15, 0.2) is 36.4 Å². The van der Waals surface area contributed by atoms with Crippen molar-refractivity contribution in [2.75, 3.05) is 59.2 Å². The highest BCUT2D eigenvalue weighted by molar-refractivity contribution is 5.95. The van der Waals surface area contributed by atoms with Gasteiger partial charge in [0.2, 0.25) is 0 Å². The van der Waals surface area contributed by atoms with Gasteiger partial charge < -0.3 is 9.64 Å². The lowest BCUT2D eigenvalue weighted by molar-refractivity contribution is -0.143. The summed E-state index contributed by atoms with van der Waals surface area (Å²) in [6.07, 6.45) is -9.73. The number of amides is 1. The van der Waals surface area contributed by atoms with Gasteiger partial charge in [0, 0.05) is 50.9 Å². The minimum absolute atomic E-state index is 0.0254. The Morgan fingerprint density at radius 1 is 0.878 bits per heavy atom. The number of halogens is 7. The number of benzene rings is 2. The number of piperazine rings is 1. The molecule has 0 spiro atoms. The van der Waals surface area contributed by atoms with Crippen LogP contribution in [0, 0.1) is 13.8 Å². The van der Waals surface area contributed by atoms with E-state index in [1.54, 1.807) is 0 Å². The van der Waals surface area contributed by atoms with Crippen LogP contribution in [0.3, 0.4) is 0 Å². The molecule has 1 amide bonds. The van der Waals surface area contributed by atoms with Gasteiger partial charge in [0.1, 0.15) is 6.67 Å². The number of nitrogens with zero attached hydrogens (tertiary/aromatic N) is 3. The van der Waals surface area contributed by atoms with Crippen LogP contribution in [0.5, 0.6) is 0 Å². The van der Waals surface area contributed by atoms with E-state index >= 15 is 0 Å². The van der Waals surface area contributed by atoms with Crippen molar-refractivity contribution in [2.24, 2.45) is 0 Å². The Morgan fingerprint density at radius 3 is 2.17 bits per heavy atom. The normalized spacial score (nSPS) is 21.3. The van der Waals surface area contributed by atoms with Crippen LogP contribution in [0.1, 0.15) is 38.2 Å². The second-order valence-corrected chi connectivity index (χ2v) is 10.8. The Labute approximate surface area is 234 Å². The van der Waals surface area contributed by atoms with Crippen LogP contribution in [0.2, 0.25) is 0 Å². The molecule has 12 heteroatoms. The number of morpholine rings is 1. The van der Waals surface area contributed by atoms with E-state index in [4.69, 9.17) is 4.74 Å². The summed E-state index contributed by atoms with van der Waals surface area (Å²) in [7, 11) is 0. The lowest BCUT2D eigenvalue weighted by Gasteiger charge is -2.43. The number of hydrogen-bond donors (Lipinski definition) is 0. The number of carbonyl (C=O) groups excluding carboxylic acids is 1. The molecular weight excluding hydrogens is 555 g/mol. The minimum Gasteiger partial charge on any atom is -0.378 e. The van der Waals surface area contributed by atoms with E-state index in [0.717, 1.165) is 16.7 Å². The van der Waals surface area contributed by atoms with Crippen molar-refractivity contribution in [3.05, 3.63) is 69.8 Å². The Bertz CT molecular complexity index is 1190. The summed E-state index contributed by atoms with van der Waals surface area (Å²) in [5, 5.41) is 0. The van der Waals surface area contributed by atoms with Gasteiger partial charge in [-0.2, -0.15) is 26.3 Å². The maximum atomic E-state index is 13.6. The Morgan fingerprint density at radius 2 is 1.56 bits per heavy atom. The standard InChI is InChI=1S/C29H34F7N3O2/c1-19-3-4-21(11-20(19)2)12-25-17-37(5-7-38-9-10-41-18-26(38)16-30)6-8-39(25)27(40)22-13-23(28(31,32)33)15-24(14-22)29(34,35)36/h3-4,11,13-15,25-26H,5-10,12,16-18H2,1-2H3/t25-,26+/m1/s1. The monoisotopic (exact) mass is 589 g/mol. The molecule has 4 rings (SSSR count). The molecule has 0 bridgehead atoms. The van der Waals surface area contributed by atoms with Crippen LogP contribution < -0.4 is 0 Å². The summed E-state index contributed by atoms with van der Waals surface area (Å²) in [6, 6.07) is 6.01. The van der Waals surface area contributed by atoms with Gasteiger partial charge in [0.25, 0.3) is 5.91 Å². The largest absolute Gasteiger partial charge is 0.416 e. The third kappa shape index (κ3) is 7.78. The molecule has 5 nitrogen and oxygen atoms in total. The average Bonchev–Trinajstić information content (AvgIpc) is 2.92. The molecule has 0 aromatic heterocycles. The van der Waals surface area contributed by atoms with E-state index in [1.165, 1.54) is 4.90 Å². The van der Waals surface area contributed by atoms with Gasteiger partial charge in [-0.3, -0.25) is 14.6 Å². The maximum absolute atomic E-state index is 13.6. The third-order valence-corrected chi connectivity index (χ3v) is 7.94. The summed E-state index contributed by atoms with van der Waals surface area (Å²) in [5.74, 6) is -0.874. The van der Waals surface area contributed by atoms with Crippen molar-refractivity contribution in [3.63, 3.8) is 0 Å². The fraction of sp³-hybridized carbons (Fsp3) is 0.552. The molecule has 2 fully saturated rings. The smallest absolute Gasteiger partial charge is 0.378 e. The average molecular weight is 590 g/mol. The van der Waals surface area contributed by atoms with E-state index in [9.17, 15) is 35.5 Å². The SMILES string of the molecule is Cc1ccc(C[C@@H]2CN(CCN3CCOC[C@@H]3CF)CCN2C(=O)c2cc(C(F)(F)F)cc(C(F)(F)F)c2)cc1C. The minimum atomic E-state index is -5.05. The fourth-order valence-corrected chi connectivity index (χ4v) is 5.41. The first-order chi connectivity index (χ1) is 19.3. The van der Waals surface area contributed by atoms with Crippen LogP contribution in [-0.4, -0.2) is 91.8 Å². The summed E-state index contributed by atoms with van der Waals surface area (Å²) < 4.78 is 99.7. The number of aryl methyl sites for hydroxylation is 2. The predicted octanol–water partition coefficient (Wildman–Crippen LogP) is 5.38. The van der Waals surface area contributed by atoms with Crippen molar-refractivity contribution in [3.8, 4) is 0 Å². The number of ether oxygens (including phenoxy) is 1. The van der Waals surface area contributed by atoms with Crippen LogP contribution in [-0.2, 0) is 23.5 Å². The Kier molecular flexibility index (Phi) is 9.65. The summed E-state index contributed by atoms with van der Waals surface area (Å²) in [5.41, 5.74) is -0.678. The van der Waals surface area contributed by atoms with E-state index in [-0.39, 0.29) is 18.7 Å². The molecule has 41 heavy (non-hydrogen) atoms. The molecule has 2 aromatic carbocycles. The molecule has 2 saturated heterocycles. The van der Waals surface area contributed by atoms with E-state index in [0.29, 0.717) is 64.5 Å². The van der Waals surface area contributed by atoms with Gasteiger partial charge in [0.15, 0.2) is 0 Å². The molecular formula is C29H34F7N3O2. The molecule has 0 N–H and O–H groups in total. The molecule has 2 aliphatic rings. The van der Waals surface area contributed by atoms with Gasteiger partial charge in [-0.15, -0.1) is 0 Å². The lowest BCUT2D eigenvalue weighted by atomic mass is 9.97. The molecule has 0 saturated carbocycles. The van der Waals surface area contributed by atoms with Gasteiger partial charge in [-0.25, -0.2) is 4.39 Å². The highest BCUT2D eigenvalue weighted by Crippen LogP contribution is 2.37. The molecule has 0 aliphatic carbocycles. The molecule has 2 aromatic rings. The van der Waals surface area contributed by atoms with Crippen molar-refractivity contribution >= 4 is 5.91 Å². The highest BCUT2D eigenvalue weighted by atomic mass is 19.4.